The number of thiophene rings is 1. The number of rotatable bonds is 9. The summed E-state index contributed by atoms with van der Waals surface area (Å²) in [5.74, 6) is 0.798. The number of benzene rings is 2. The number of anilines is 4. The molecule has 2 aromatic heterocycles. The van der Waals surface area contributed by atoms with Crippen molar-refractivity contribution in [1.82, 2.24) is 14.9 Å². The van der Waals surface area contributed by atoms with Crippen LogP contribution in [0.5, 0.6) is 11.5 Å². The highest BCUT2D eigenvalue weighted by Gasteiger charge is 2.23. The van der Waals surface area contributed by atoms with Crippen molar-refractivity contribution in [3.05, 3.63) is 57.6 Å². The van der Waals surface area contributed by atoms with E-state index in [9.17, 15) is 4.79 Å². The molecule has 0 atom stereocenters. The van der Waals surface area contributed by atoms with Crippen LogP contribution in [0.3, 0.4) is 0 Å². The maximum atomic E-state index is 13.3. The highest BCUT2D eigenvalue weighted by molar-refractivity contribution is 7.18. The molecular weight excluding hydrogens is 575 g/mol. The molecule has 0 bridgehead atoms. The number of aromatic nitrogens is 2. The van der Waals surface area contributed by atoms with Gasteiger partial charge >= 0.3 is 0 Å². The van der Waals surface area contributed by atoms with Crippen LogP contribution in [0.2, 0.25) is 10.0 Å². The third-order valence-electron chi connectivity index (χ3n) is 6.69. The van der Waals surface area contributed by atoms with Gasteiger partial charge in [-0.2, -0.15) is 0 Å². The number of methoxy groups -OCH3 is 2. The number of amides is 1. The predicted molar refractivity (Wildman–Crippen MR) is 160 cm³/mol. The van der Waals surface area contributed by atoms with Crippen LogP contribution in [0.25, 0.3) is 10.2 Å². The number of nitrogens with one attached hydrogen (secondary N) is 2. The van der Waals surface area contributed by atoms with Crippen LogP contribution in [0, 0.1) is 0 Å². The highest BCUT2D eigenvalue weighted by atomic mass is 35.5. The molecule has 0 radical (unpaired) electrons. The van der Waals surface area contributed by atoms with Crippen LogP contribution < -0.4 is 25.0 Å². The Labute approximate surface area is 245 Å². The molecule has 0 saturated carbocycles. The second-order valence-electron chi connectivity index (χ2n) is 9.01. The molecule has 1 fully saturated rings. The standard InChI is InChI=1S/C27H28Cl2N6O4S/c1-38-19-13-20(39-2)22(29)24(21(19)28)33-27(37)18-14-40-25-23(18)30-15-31-26(25)32-16-3-5-17(6-4-16)35-9-7-34(8-10-35)11-12-36/h3-6,13-15,36H,7-12H2,1-2H3,(H,33,37)(H,30,31,32). The van der Waals surface area contributed by atoms with Crippen LogP contribution in [-0.4, -0.2) is 79.4 Å². The minimum absolute atomic E-state index is 0.161. The molecule has 0 unspecified atom stereocenters. The zero-order chi connectivity index (χ0) is 28.2. The van der Waals surface area contributed by atoms with Crippen LogP contribution in [0.4, 0.5) is 22.9 Å². The summed E-state index contributed by atoms with van der Waals surface area (Å²) < 4.78 is 11.3. The number of hydrogen-bond acceptors (Lipinski definition) is 10. The summed E-state index contributed by atoms with van der Waals surface area (Å²) in [5, 5.41) is 17.3. The molecule has 10 nitrogen and oxygen atoms in total. The average Bonchev–Trinajstić information content (AvgIpc) is 3.42. The van der Waals surface area contributed by atoms with Crippen LogP contribution in [-0.2, 0) is 0 Å². The van der Waals surface area contributed by atoms with Gasteiger partial charge in [-0.25, -0.2) is 9.97 Å². The number of aliphatic hydroxyl groups is 1. The summed E-state index contributed by atoms with van der Waals surface area (Å²) in [5.41, 5.74) is 3.05. The molecule has 40 heavy (non-hydrogen) atoms. The summed E-state index contributed by atoms with van der Waals surface area (Å²) in [6.45, 7) is 4.59. The number of β-amino-alcohol motifs (C(OH)–C–C–N with tert-alkyl or cyclic N) is 1. The van der Waals surface area contributed by atoms with E-state index < -0.39 is 5.91 Å². The third kappa shape index (κ3) is 5.74. The number of hydrogen-bond donors (Lipinski definition) is 3. The van der Waals surface area contributed by atoms with Gasteiger partial charge in [0.05, 0.1) is 42.3 Å². The monoisotopic (exact) mass is 602 g/mol. The molecule has 5 rings (SSSR count). The van der Waals surface area contributed by atoms with Crippen molar-refractivity contribution in [2.45, 2.75) is 0 Å². The topological polar surface area (TPSA) is 112 Å². The van der Waals surface area contributed by atoms with Crippen LogP contribution >= 0.6 is 34.5 Å². The summed E-state index contributed by atoms with van der Waals surface area (Å²) in [4.78, 5) is 26.7. The smallest absolute Gasteiger partial charge is 0.258 e. The van der Waals surface area contributed by atoms with Gasteiger partial charge < -0.3 is 30.1 Å². The molecule has 1 amide bonds. The van der Waals surface area contributed by atoms with E-state index in [1.165, 1.54) is 31.9 Å². The Bertz CT molecular complexity index is 1480. The van der Waals surface area contributed by atoms with Gasteiger partial charge in [-0.1, -0.05) is 23.2 Å². The lowest BCUT2D eigenvalue weighted by molar-refractivity contribution is 0.102. The van der Waals surface area contributed by atoms with E-state index in [0.29, 0.717) is 34.9 Å². The van der Waals surface area contributed by atoms with E-state index in [1.54, 1.807) is 11.4 Å². The number of ether oxygens (including phenoxy) is 2. The first kappa shape index (κ1) is 28.2. The number of piperazine rings is 1. The van der Waals surface area contributed by atoms with E-state index in [1.807, 2.05) is 12.1 Å². The van der Waals surface area contributed by atoms with Crippen LogP contribution in [0.15, 0.2) is 42.0 Å². The zero-order valence-corrected chi connectivity index (χ0v) is 24.2. The summed E-state index contributed by atoms with van der Waals surface area (Å²) in [6, 6.07) is 9.71. The molecule has 13 heteroatoms. The van der Waals surface area contributed by atoms with Gasteiger partial charge in [0, 0.05) is 55.5 Å². The quantitative estimate of drug-likeness (QED) is 0.240. The van der Waals surface area contributed by atoms with Gasteiger partial charge in [-0.05, 0) is 24.3 Å². The normalized spacial score (nSPS) is 13.9. The van der Waals surface area contributed by atoms with Gasteiger partial charge in [0.2, 0.25) is 0 Å². The minimum atomic E-state index is -0.432. The first-order valence-corrected chi connectivity index (χ1v) is 14.2. The van der Waals surface area contributed by atoms with Crippen molar-refractivity contribution in [3.8, 4) is 11.5 Å². The van der Waals surface area contributed by atoms with E-state index in [4.69, 9.17) is 37.8 Å². The summed E-state index contributed by atoms with van der Waals surface area (Å²) >= 11 is 14.2. The number of halogens is 2. The maximum absolute atomic E-state index is 13.3. The van der Waals surface area contributed by atoms with Crippen molar-refractivity contribution in [2.75, 3.05) is 69.1 Å². The molecule has 2 aromatic carbocycles. The second kappa shape index (κ2) is 12.4. The maximum Gasteiger partial charge on any atom is 0.258 e. The highest BCUT2D eigenvalue weighted by Crippen LogP contribution is 2.44. The molecule has 0 spiro atoms. The van der Waals surface area contributed by atoms with E-state index in [-0.39, 0.29) is 22.3 Å². The van der Waals surface area contributed by atoms with E-state index in [2.05, 4.69) is 42.5 Å². The minimum Gasteiger partial charge on any atom is -0.495 e. The fourth-order valence-corrected chi connectivity index (χ4v) is 6.08. The SMILES string of the molecule is COc1cc(OC)c(Cl)c(NC(=O)c2csc3c(Nc4ccc(N5CCN(CCO)CC5)cc4)ncnc23)c1Cl. The Morgan fingerprint density at radius 2 is 1.73 bits per heavy atom. The van der Waals surface area contributed by atoms with Gasteiger partial charge in [-0.15, -0.1) is 11.3 Å². The lowest BCUT2D eigenvalue weighted by Gasteiger charge is -2.35. The first-order valence-electron chi connectivity index (χ1n) is 12.5. The van der Waals surface area contributed by atoms with Crippen molar-refractivity contribution in [1.29, 1.82) is 0 Å². The first-order chi connectivity index (χ1) is 19.4. The van der Waals surface area contributed by atoms with E-state index >= 15 is 0 Å². The Morgan fingerprint density at radius 1 is 1.05 bits per heavy atom. The molecule has 1 saturated heterocycles. The number of aliphatic hydroxyl groups excluding tert-OH is 1. The third-order valence-corrected chi connectivity index (χ3v) is 8.42. The molecular formula is C27H28Cl2N6O4S. The molecule has 4 aromatic rings. The molecule has 1 aliphatic rings. The summed E-state index contributed by atoms with van der Waals surface area (Å²) in [7, 11) is 2.93. The number of carbonyl (C=O) groups is 1. The molecule has 3 N–H and O–H groups in total. The summed E-state index contributed by atoms with van der Waals surface area (Å²) in [6.07, 6.45) is 1.42. The van der Waals surface area contributed by atoms with Crippen LogP contribution in [0.1, 0.15) is 10.4 Å². The number of nitrogens with zero attached hydrogens (tertiary/aromatic N) is 4. The lowest BCUT2D eigenvalue weighted by atomic mass is 10.2. The van der Waals surface area contributed by atoms with Crippen molar-refractivity contribution < 1.29 is 19.4 Å². The number of fused-ring (bicyclic) bond motifs is 1. The molecule has 3 heterocycles. The van der Waals surface area contributed by atoms with Crippen molar-refractivity contribution in [2.24, 2.45) is 0 Å². The zero-order valence-electron chi connectivity index (χ0n) is 21.9. The fourth-order valence-electron chi connectivity index (χ4n) is 4.54. The van der Waals surface area contributed by atoms with E-state index in [0.717, 1.165) is 42.3 Å². The fraction of sp³-hybridized carbons (Fsp3) is 0.296. The van der Waals surface area contributed by atoms with Crippen molar-refractivity contribution in [3.63, 3.8) is 0 Å². The predicted octanol–water partition coefficient (Wildman–Crippen LogP) is 5.13. The second-order valence-corrected chi connectivity index (χ2v) is 10.6. The molecule has 1 aliphatic heterocycles. The lowest BCUT2D eigenvalue weighted by Crippen LogP contribution is -2.47. The average molecular weight is 604 g/mol. The van der Waals surface area contributed by atoms with Gasteiger partial charge in [-0.3, -0.25) is 9.69 Å². The molecule has 210 valence electrons. The Kier molecular flexibility index (Phi) is 8.77. The van der Waals surface area contributed by atoms with Crippen molar-refractivity contribution >= 4 is 73.5 Å². The van der Waals surface area contributed by atoms with Gasteiger partial charge in [0.25, 0.3) is 5.91 Å². The molecule has 0 aliphatic carbocycles. The number of carbonyl (C=O) groups excluding carboxylic acids is 1. The Hall–Kier alpha value is -3.35. The Morgan fingerprint density at radius 3 is 2.35 bits per heavy atom. The Balaban J connectivity index is 1.33. The largest absolute Gasteiger partial charge is 0.495 e. The van der Waals surface area contributed by atoms with Gasteiger partial charge in [0.15, 0.2) is 5.82 Å². The van der Waals surface area contributed by atoms with Gasteiger partial charge in [0.1, 0.15) is 27.9 Å².